The number of aliphatic hydroxyl groups excluding tert-OH is 1. The summed E-state index contributed by atoms with van der Waals surface area (Å²) < 4.78 is 4.96. The molecule has 3 N–H and O–H groups in total. The van der Waals surface area contributed by atoms with Gasteiger partial charge in [0.15, 0.2) is 6.04 Å². The van der Waals surface area contributed by atoms with Crippen molar-refractivity contribution < 1.29 is 29.3 Å². The highest BCUT2D eigenvalue weighted by atomic mass is 16.6. The molecular formula is C12H20N2O6. The summed E-state index contributed by atoms with van der Waals surface area (Å²) in [5, 5.41) is 20.8. The Bertz CT molecular complexity index is 403. The smallest absolute Gasteiger partial charge is 0.408 e. The molecule has 20 heavy (non-hydrogen) atoms. The zero-order chi connectivity index (χ0) is 15.5. The van der Waals surface area contributed by atoms with Gasteiger partial charge in [-0.05, 0) is 27.2 Å². The molecule has 2 unspecified atom stereocenters. The predicted octanol–water partition coefficient (Wildman–Crippen LogP) is -0.442. The molecule has 1 aliphatic rings. The fraction of sp³-hybridized carbons (Fsp3) is 0.750. The molecule has 0 radical (unpaired) electrons. The zero-order valence-corrected chi connectivity index (χ0v) is 11.8. The highest BCUT2D eigenvalue weighted by molar-refractivity contribution is 5.87. The first-order chi connectivity index (χ1) is 9.11. The first-order valence-corrected chi connectivity index (χ1v) is 6.29. The molecule has 8 nitrogen and oxygen atoms in total. The molecule has 2 atom stereocenters. The molecule has 8 heteroatoms. The lowest BCUT2D eigenvalue weighted by atomic mass is 10.2. The van der Waals surface area contributed by atoms with Gasteiger partial charge in [-0.15, -0.1) is 0 Å². The van der Waals surface area contributed by atoms with Gasteiger partial charge >= 0.3 is 12.1 Å². The summed E-state index contributed by atoms with van der Waals surface area (Å²) in [6, 6.07) is -1.26. The maximum absolute atomic E-state index is 11.9. The number of alkyl carbamates (subject to hydrolysis) is 1. The van der Waals surface area contributed by atoms with Crippen molar-refractivity contribution in [2.24, 2.45) is 0 Å². The number of hydrogen-bond donors (Lipinski definition) is 3. The van der Waals surface area contributed by atoms with Crippen LogP contribution < -0.4 is 5.32 Å². The number of rotatable bonds is 3. The minimum absolute atomic E-state index is 0.146. The topological polar surface area (TPSA) is 116 Å². The Morgan fingerprint density at radius 1 is 1.35 bits per heavy atom. The number of carbonyl (C=O) groups is 3. The molecule has 2 amide bonds. The average Bonchev–Trinajstić information content (AvgIpc) is 2.65. The summed E-state index contributed by atoms with van der Waals surface area (Å²) >= 11 is 0. The number of carboxylic acids is 1. The van der Waals surface area contributed by atoms with Gasteiger partial charge in [0.2, 0.25) is 5.91 Å². The lowest BCUT2D eigenvalue weighted by Gasteiger charge is -2.23. The normalized spacial score (nSPS) is 22.5. The summed E-state index contributed by atoms with van der Waals surface area (Å²) in [5.41, 5.74) is -0.680. The van der Waals surface area contributed by atoms with Gasteiger partial charge < -0.3 is 25.2 Å². The third-order valence-corrected chi connectivity index (χ3v) is 2.72. The van der Waals surface area contributed by atoms with E-state index in [9.17, 15) is 19.5 Å². The lowest BCUT2D eigenvalue weighted by Crippen LogP contribution is -2.48. The fourth-order valence-electron chi connectivity index (χ4n) is 1.92. The quantitative estimate of drug-likeness (QED) is 0.648. The van der Waals surface area contributed by atoms with Gasteiger partial charge in [0.05, 0.1) is 6.10 Å². The maximum atomic E-state index is 11.9. The van der Waals surface area contributed by atoms with Crippen LogP contribution in [-0.4, -0.2) is 63.9 Å². The standard InChI is InChI=1S/C12H20N2O6/c1-12(2,3)20-11(19)13-6-8(16)14-5-4-7(15)9(14)10(17)18/h7,9,15H,4-6H2,1-3H3,(H,13,19)(H,17,18). The number of carboxylic acid groups (broad SMARTS) is 1. The second kappa shape index (κ2) is 6.08. The number of aliphatic carboxylic acids is 1. The van der Waals surface area contributed by atoms with Crippen LogP contribution in [0.5, 0.6) is 0 Å². The van der Waals surface area contributed by atoms with Gasteiger partial charge in [-0.3, -0.25) is 4.79 Å². The summed E-state index contributed by atoms with van der Waals surface area (Å²) in [6.45, 7) is 4.83. The Hall–Kier alpha value is -1.83. The van der Waals surface area contributed by atoms with Crippen LogP contribution >= 0.6 is 0 Å². The molecule has 1 fully saturated rings. The average molecular weight is 288 g/mol. The van der Waals surface area contributed by atoms with Crippen LogP contribution in [-0.2, 0) is 14.3 Å². The molecule has 114 valence electrons. The van der Waals surface area contributed by atoms with E-state index in [1.807, 2.05) is 0 Å². The number of amides is 2. The Morgan fingerprint density at radius 3 is 2.45 bits per heavy atom. The van der Waals surface area contributed by atoms with Gasteiger partial charge in [-0.2, -0.15) is 0 Å². The van der Waals surface area contributed by atoms with Crippen molar-refractivity contribution in [3.8, 4) is 0 Å². The zero-order valence-electron chi connectivity index (χ0n) is 11.8. The molecule has 0 bridgehead atoms. The molecule has 1 heterocycles. The molecule has 1 rings (SSSR count). The van der Waals surface area contributed by atoms with E-state index in [4.69, 9.17) is 9.84 Å². The number of carbonyl (C=O) groups excluding carboxylic acids is 2. The Morgan fingerprint density at radius 2 is 1.95 bits per heavy atom. The van der Waals surface area contributed by atoms with Crippen molar-refractivity contribution in [2.45, 2.75) is 44.9 Å². The minimum atomic E-state index is -1.26. The maximum Gasteiger partial charge on any atom is 0.408 e. The van der Waals surface area contributed by atoms with E-state index < -0.39 is 35.7 Å². The molecule has 0 aliphatic carbocycles. The van der Waals surface area contributed by atoms with Crippen LogP contribution in [0.2, 0.25) is 0 Å². The lowest BCUT2D eigenvalue weighted by molar-refractivity contribution is -0.150. The van der Waals surface area contributed by atoms with E-state index >= 15 is 0 Å². The number of aliphatic hydroxyl groups is 1. The highest BCUT2D eigenvalue weighted by Crippen LogP contribution is 2.18. The van der Waals surface area contributed by atoms with E-state index in [2.05, 4.69) is 5.32 Å². The first-order valence-electron chi connectivity index (χ1n) is 6.29. The van der Waals surface area contributed by atoms with Crippen molar-refractivity contribution >= 4 is 18.0 Å². The van der Waals surface area contributed by atoms with Crippen molar-refractivity contribution in [1.29, 1.82) is 0 Å². The number of nitrogens with zero attached hydrogens (tertiary/aromatic N) is 1. The number of hydrogen-bond acceptors (Lipinski definition) is 5. The van der Waals surface area contributed by atoms with E-state index in [0.29, 0.717) is 0 Å². The predicted molar refractivity (Wildman–Crippen MR) is 68.0 cm³/mol. The number of likely N-dealkylation sites (tertiary alicyclic amines) is 1. The van der Waals surface area contributed by atoms with Gasteiger partial charge in [0, 0.05) is 6.54 Å². The second-order valence-corrected chi connectivity index (χ2v) is 5.58. The molecule has 0 aromatic rings. The van der Waals surface area contributed by atoms with Gasteiger partial charge in [-0.1, -0.05) is 0 Å². The van der Waals surface area contributed by atoms with Crippen molar-refractivity contribution in [1.82, 2.24) is 10.2 Å². The summed E-state index contributed by atoms with van der Waals surface area (Å²) in [6.07, 6.45) is -1.63. The van der Waals surface area contributed by atoms with E-state index in [0.717, 1.165) is 4.90 Å². The second-order valence-electron chi connectivity index (χ2n) is 5.58. The van der Waals surface area contributed by atoms with Gasteiger partial charge in [-0.25, -0.2) is 9.59 Å². The first kappa shape index (κ1) is 16.2. The van der Waals surface area contributed by atoms with E-state index in [1.165, 1.54) is 0 Å². The van der Waals surface area contributed by atoms with Crippen molar-refractivity contribution in [3.05, 3.63) is 0 Å². The summed E-state index contributed by atoms with van der Waals surface area (Å²) in [5.74, 6) is -1.83. The molecule has 0 spiro atoms. The van der Waals surface area contributed by atoms with Crippen LogP contribution in [0, 0.1) is 0 Å². The molecule has 1 aliphatic heterocycles. The SMILES string of the molecule is CC(C)(C)OC(=O)NCC(=O)N1CCC(O)C1C(=O)O. The van der Waals surface area contributed by atoms with Crippen LogP contribution in [0.15, 0.2) is 0 Å². The van der Waals surface area contributed by atoms with Crippen LogP contribution in [0.25, 0.3) is 0 Å². The summed E-state index contributed by atoms with van der Waals surface area (Å²) in [7, 11) is 0. The molecule has 1 saturated heterocycles. The third kappa shape index (κ3) is 4.37. The molecule has 0 aromatic heterocycles. The largest absolute Gasteiger partial charge is 0.480 e. The monoisotopic (exact) mass is 288 g/mol. The number of ether oxygens (including phenoxy) is 1. The fourth-order valence-corrected chi connectivity index (χ4v) is 1.92. The molecular weight excluding hydrogens is 268 g/mol. The van der Waals surface area contributed by atoms with E-state index in [-0.39, 0.29) is 19.5 Å². The molecule has 0 aromatic carbocycles. The molecule has 0 saturated carbocycles. The Balaban J connectivity index is 2.51. The van der Waals surface area contributed by atoms with Crippen molar-refractivity contribution in [2.75, 3.05) is 13.1 Å². The van der Waals surface area contributed by atoms with Crippen LogP contribution in [0.3, 0.4) is 0 Å². The van der Waals surface area contributed by atoms with Crippen molar-refractivity contribution in [3.63, 3.8) is 0 Å². The van der Waals surface area contributed by atoms with Gasteiger partial charge in [0.1, 0.15) is 12.1 Å². The Kier molecular flexibility index (Phi) is 4.93. The summed E-state index contributed by atoms with van der Waals surface area (Å²) in [4.78, 5) is 35.3. The van der Waals surface area contributed by atoms with Crippen LogP contribution in [0.4, 0.5) is 4.79 Å². The number of nitrogens with one attached hydrogen (secondary N) is 1. The van der Waals surface area contributed by atoms with Crippen LogP contribution in [0.1, 0.15) is 27.2 Å². The highest BCUT2D eigenvalue weighted by Gasteiger charge is 2.40. The minimum Gasteiger partial charge on any atom is -0.480 e. The van der Waals surface area contributed by atoms with Gasteiger partial charge in [0.25, 0.3) is 0 Å². The Labute approximate surface area is 116 Å². The van der Waals surface area contributed by atoms with E-state index in [1.54, 1.807) is 20.8 Å². The third-order valence-electron chi connectivity index (χ3n) is 2.72.